The molecule has 0 aliphatic carbocycles. The monoisotopic (exact) mass is 148 g/mol. The molecule has 58 valence electrons. The fraction of sp³-hybridized carbons (Fsp3) is 0.222. The van der Waals surface area contributed by atoms with Crippen molar-refractivity contribution in [2.45, 2.75) is 13.8 Å². The third-order valence-corrected chi connectivity index (χ3v) is 1.46. The summed E-state index contributed by atoms with van der Waals surface area (Å²) in [6.07, 6.45) is 1.19. The van der Waals surface area contributed by atoms with Gasteiger partial charge in [0.1, 0.15) is 0 Å². The van der Waals surface area contributed by atoms with Crippen molar-refractivity contribution in [3.63, 3.8) is 0 Å². The van der Waals surface area contributed by atoms with E-state index in [4.69, 9.17) is 5.41 Å². The maximum Gasteiger partial charge on any atom is 0.0835 e. The minimum absolute atomic E-state index is 0.984. The van der Waals surface area contributed by atoms with Gasteiger partial charge in [-0.05, 0) is 37.1 Å². The highest BCUT2D eigenvalue weighted by atomic mass is 14.9. The Bertz CT molecular complexity index is 246. The van der Waals surface area contributed by atoms with Crippen LogP contribution >= 0.6 is 0 Å². The van der Waals surface area contributed by atoms with E-state index >= 15 is 0 Å². The van der Waals surface area contributed by atoms with Gasteiger partial charge in [-0.15, -0.1) is 0 Å². The number of nitrogens with one attached hydrogen (secondary N) is 2. The van der Waals surface area contributed by atoms with Gasteiger partial charge < -0.3 is 5.32 Å². The molecule has 0 atom stereocenters. The lowest BCUT2D eigenvalue weighted by molar-refractivity contribution is 1.38. The molecule has 0 bridgehead atoms. The minimum atomic E-state index is 0.984. The lowest BCUT2D eigenvalue weighted by atomic mass is 10.1. The number of rotatable bonds is 2. The van der Waals surface area contributed by atoms with E-state index in [-0.39, 0.29) is 0 Å². The fourth-order valence-electron chi connectivity index (χ4n) is 1.14. The molecule has 1 aromatic rings. The van der Waals surface area contributed by atoms with Gasteiger partial charge in [0.15, 0.2) is 0 Å². The molecule has 0 radical (unpaired) electrons. The van der Waals surface area contributed by atoms with Gasteiger partial charge in [0.2, 0.25) is 0 Å². The molecule has 11 heavy (non-hydrogen) atoms. The lowest BCUT2D eigenvalue weighted by Gasteiger charge is -2.02. The summed E-state index contributed by atoms with van der Waals surface area (Å²) in [5.74, 6) is 0. The van der Waals surface area contributed by atoms with Gasteiger partial charge in [-0.25, -0.2) is 0 Å². The van der Waals surface area contributed by atoms with Crippen LogP contribution in [0.1, 0.15) is 11.1 Å². The highest BCUT2D eigenvalue weighted by Crippen LogP contribution is 2.12. The van der Waals surface area contributed by atoms with Gasteiger partial charge in [-0.3, -0.25) is 5.41 Å². The maximum atomic E-state index is 6.84. The normalized spacial score (nSPS) is 9.27. The Balaban J connectivity index is 2.98. The molecule has 0 spiro atoms. The van der Waals surface area contributed by atoms with E-state index in [1.807, 2.05) is 26.0 Å². The van der Waals surface area contributed by atoms with Gasteiger partial charge >= 0.3 is 0 Å². The third-order valence-electron chi connectivity index (χ3n) is 1.46. The molecule has 1 rings (SSSR count). The quantitative estimate of drug-likeness (QED) is 0.490. The molecule has 1 aromatic carbocycles. The van der Waals surface area contributed by atoms with Crippen LogP contribution in [0, 0.1) is 19.3 Å². The van der Waals surface area contributed by atoms with Crippen molar-refractivity contribution in [3.05, 3.63) is 29.3 Å². The number of hydrogen-bond donors (Lipinski definition) is 2. The van der Waals surface area contributed by atoms with Crippen molar-refractivity contribution in [2.24, 2.45) is 0 Å². The van der Waals surface area contributed by atoms with Crippen LogP contribution < -0.4 is 5.32 Å². The molecule has 0 aromatic heterocycles. The molecule has 0 fully saturated rings. The van der Waals surface area contributed by atoms with E-state index in [0.717, 1.165) is 5.69 Å². The summed E-state index contributed by atoms with van der Waals surface area (Å²) >= 11 is 0. The molecule has 0 unspecified atom stereocenters. The van der Waals surface area contributed by atoms with Crippen LogP contribution in [0.2, 0.25) is 0 Å². The van der Waals surface area contributed by atoms with Crippen LogP contribution in [0.3, 0.4) is 0 Å². The fourth-order valence-corrected chi connectivity index (χ4v) is 1.14. The predicted molar refractivity (Wildman–Crippen MR) is 48.3 cm³/mol. The topological polar surface area (TPSA) is 35.9 Å². The molecule has 0 aliphatic heterocycles. The zero-order chi connectivity index (χ0) is 8.27. The molecule has 0 saturated carbocycles. The number of benzene rings is 1. The summed E-state index contributed by atoms with van der Waals surface area (Å²) in [6.45, 7) is 4.09. The van der Waals surface area contributed by atoms with E-state index < -0.39 is 0 Å². The van der Waals surface area contributed by atoms with E-state index in [0.29, 0.717) is 0 Å². The van der Waals surface area contributed by atoms with Crippen LogP contribution in [-0.2, 0) is 0 Å². The Hall–Kier alpha value is -1.31. The van der Waals surface area contributed by atoms with E-state index in [9.17, 15) is 0 Å². The zero-order valence-electron chi connectivity index (χ0n) is 6.81. The third kappa shape index (κ3) is 2.08. The molecule has 2 N–H and O–H groups in total. The Morgan fingerprint density at radius 3 is 2.18 bits per heavy atom. The van der Waals surface area contributed by atoms with Crippen LogP contribution in [0.5, 0.6) is 0 Å². The average Bonchev–Trinajstić information content (AvgIpc) is 1.85. The second-order valence-corrected chi connectivity index (χ2v) is 2.67. The first kappa shape index (κ1) is 7.79. The first-order valence-electron chi connectivity index (χ1n) is 3.56. The number of hydrogen-bond acceptors (Lipinski definition) is 1. The molecule has 0 aliphatic rings. The lowest BCUT2D eigenvalue weighted by Crippen LogP contribution is -1.93. The van der Waals surface area contributed by atoms with E-state index in [1.54, 1.807) is 0 Å². The average molecular weight is 148 g/mol. The SMILES string of the molecule is Cc1cc(C)cc(NC=N)c1. The van der Waals surface area contributed by atoms with Crippen LogP contribution in [-0.4, -0.2) is 6.34 Å². The molecule has 0 amide bonds. The second-order valence-electron chi connectivity index (χ2n) is 2.67. The molecule has 2 nitrogen and oxygen atoms in total. The summed E-state index contributed by atoms with van der Waals surface area (Å²) in [5, 5.41) is 9.68. The minimum Gasteiger partial charge on any atom is -0.347 e. The van der Waals surface area contributed by atoms with Crippen molar-refractivity contribution >= 4 is 12.0 Å². The summed E-state index contributed by atoms with van der Waals surface area (Å²) < 4.78 is 0. The van der Waals surface area contributed by atoms with Crippen LogP contribution in [0.15, 0.2) is 18.2 Å². The summed E-state index contributed by atoms with van der Waals surface area (Å²) in [6, 6.07) is 6.13. The standard InChI is InChI=1S/C9H12N2/c1-7-3-8(2)5-9(4-7)11-6-10/h3-6H,1-2H3,(H2,10,11). The molecular weight excluding hydrogens is 136 g/mol. The predicted octanol–water partition coefficient (Wildman–Crippen LogP) is 2.32. The Morgan fingerprint density at radius 1 is 1.18 bits per heavy atom. The maximum absolute atomic E-state index is 6.84. The largest absolute Gasteiger partial charge is 0.347 e. The first-order valence-corrected chi connectivity index (χ1v) is 3.56. The Morgan fingerprint density at radius 2 is 1.73 bits per heavy atom. The van der Waals surface area contributed by atoms with Crippen LogP contribution in [0.25, 0.3) is 0 Å². The van der Waals surface area contributed by atoms with E-state index in [1.165, 1.54) is 17.5 Å². The Labute approximate surface area is 66.8 Å². The van der Waals surface area contributed by atoms with Gasteiger partial charge in [-0.2, -0.15) is 0 Å². The highest BCUT2D eigenvalue weighted by Gasteiger charge is 1.91. The summed E-state index contributed by atoms with van der Waals surface area (Å²) in [4.78, 5) is 0. The van der Waals surface area contributed by atoms with Gasteiger partial charge in [-0.1, -0.05) is 6.07 Å². The highest BCUT2D eigenvalue weighted by molar-refractivity contribution is 5.73. The van der Waals surface area contributed by atoms with Gasteiger partial charge in [0, 0.05) is 5.69 Å². The number of anilines is 1. The van der Waals surface area contributed by atoms with Crippen molar-refractivity contribution in [1.29, 1.82) is 5.41 Å². The summed E-state index contributed by atoms with van der Waals surface area (Å²) in [7, 11) is 0. The first-order chi connectivity index (χ1) is 5.22. The molecule has 0 saturated heterocycles. The Kier molecular flexibility index (Phi) is 2.26. The van der Waals surface area contributed by atoms with Gasteiger partial charge in [0.25, 0.3) is 0 Å². The van der Waals surface area contributed by atoms with Crippen LogP contribution in [0.4, 0.5) is 5.69 Å². The van der Waals surface area contributed by atoms with Gasteiger partial charge in [0.05, 0.1) is 6.34 Å². The second kappa shape index (κ2) is 3.19. The zero-order valence-corrected chi connectivity index (χ0v) is 6.81. The van der Waals surface area contributed by atoms with E-state index in [2.05, 4.69) is 11.4 Å². The van der Waals surface area contributed by atoms with Crippen molar-refractivity contribution in [3.8, 4) is 0 Å². The van der Waals surface area contributed by atoms with Crippen molar-refractivity contribution in [1.82, 2.24) is 0 Å². The molecule has 0 heterocycles. The molecule has 2 heteroatoms. The molecular formula is C9H12N2. The number of aryl methyl sites for hydroxylation is 2. The smallest absolute Gasteiger partial charge is 0.0835 e. The van der Waals surface area contributed by atoms with Crippen molar-refractivity contribution in [2.75, 3.05) is 5.32 Å². The summed E-state index contributed by atoms with van der Waals surface area (Å²) in [5.41, 5.74) is 3.42. The van der Waals surface area contributed by atoms with Crippen molar-refractivity contribution < 1.29 is 0 Å².